The van der Waals surface area contributed by atoms with Crippen molar-refractivity contribution in [1.82, 2.24) is 15.0 Å². The van der Waals surface area contributed by atoms with E-state index in [-0.39, 0.29) is 27.9 Å². The number of aromatic nitrogens is 3. The minimum absolute atomic E-state index is 0.00197. The molecular weight excluding hydrogens is 452 g/mol. The number of imidazole rings is 1. The number of rotatable bonds is 6. The first-order valence-corrected chi connectivity index (χ1v) is 9.93. The molecule has 1 aromatic carbocycles. The summed E-state index contributed by atoms with van der Waals surface area (Å²) in [6.07, 6.45) is -8.07. The minimum atomic E-state index is -4.86. The fraction of sp³-hybridized carbons (Fsp3) is 0.333. The van der Waals surface area contributed by atoms with Gasteiger partial charge >= 0.3 is 17.7 Å². The van der Waals surface area contributed by atoms with Gasteiger partial charge in [0.2, 0.25) is 0 Å². The Morgan fingerprint density at radius 2 is 1.84 bits per heavy atom. The fourth-order valence-corrected chi connectivity index (χ4v) is 3.84. The van der Waals surface area contributed by atoms with E-state index < -0.39 is 36.1 Å². The van der Waals surface area contributed by atoms with Gasteiger partial charge in [-0.15, -0.1) is 13.2 Å². The van der Waals surface area contributed by atoms with Crippen LogP contribution in [0.2, 0.25) is 0 Å². The number of benzene rings is 1. The fourth-order valence-electron chi connectivity index (χ4n) is 2.74. The lowest BCUT2D eigenvalue weighted by Gasteiger charge is -2.16. The summed E-state index contributed by atoms with van der Waals surface area (Å²) in [6, 6.07) is 3.41. The SMILES string of the molecule is Cc1cnc(C[S@@+]([O-])c2nc3cc(OC(F)(F)F)ccc3[nH]2)c(C)c1OCC(F)(F)F. The van der Waals surface area contributed by atoms with Crippen molar-refractivity contribution in [3.8, 4) is 11.5 Å². The number of H-pyrrole nitrogens is 1. The van der Waals surface area contributed by atoms with E-state index in [4.69, 9.17) is 4.74 Å². The topological polar surface area (TPSA) is 83.1 Å². The number of aromatic amines is 1. The number of aryl methyl sites for hydroxylation is 1. The van der Waals surface area contributed by atoms with Crippen molar-refractivity contribution >= 4 is 22.2 Å². The number of nitrogens with zero attached hydrogens (tertiary/aromatic N) is 2. The third-order valence-corrected chi connectivity index (χ3v) is 5.24. The number of hydrogen-bond acceptors (Lipinski definition) is 5. The number of fused-ring (bicyclic) bond motifs is 1. The highest BCUT2D eigenvalue weighted by Gasteiger charge is 2.32. The Morgan fingerprint density at radius 3 is 2.48 bits per heavy atom. The summed E-state index contributed by atoms with van der Waals surface area (Å²) in [5.41, 5.74) is 1.36. The van der Waals surface area contributed by atoms with Crippen LogP contribution >= 0.6 is 0 Å². The minimum Gasteiger partial charge on any atom is -0.609 e. The average molecular weight is 467 g/mol. The molecule has 3 rings (SSSR count). The van der Waals surface area contributed by atoms with Crippen LogP contribution in [0.4, 0.5) is 26.3 Å². The third kappa shape index (κ3) is 5.94. The van der Waals surface area contributed by atoms with Crippen LogP contribution in [0.3, 0.4) is 0 Å². The van der Waals surface area contributed by atoms with Crippen molar-refractivity contribution in [2.45, 2.75) is 37.3 Å². The lowest BCUT2D eigenvalue weighted by atomic mass is 10.1. The summed E-state index contributed by atoms with van der Waals surface area (Å²) < 4.78 is 95.9. The maximum Gasteiger partial charge on any atom is 0.573 e. The lowest BCUT2D eigenvalue weighted by molar-refractivity contribution is -0.274. The molecule has 0 aliphatic carbocycles. The molecule has 0 spiro atoms. The quantitative estimate of drug-likeness (QED) is 0.419. The van der Waals surface area contributed by atoms with Crippen molar-refractivity contribution in [3.63, 3.8) is 0 Å². The maximum atomic E-state index is 12.7. The number of nitrogens with one attached hydrogen (secondary N) is 1. The molecule has 6 nitrogen and oxygen atoms in total. The van der Waals surface area contributed by atoms with Gasteiger partial charge in [0.05, 0.1) is 16.7 Å². The van der Waals surface area contributed by atoms with E-state index in [1.54, 1.807) is 0 Å². The highest BCUT2D eigenvalue weighted by molar-refractivity contribution is 7.90. The Bertz CT molecular complexity index is 1080. The lowest BCUT2D eigenvalue weighted by Crippen LogP contribution is -2.20. The van der Waals surface area contributed by atoms with Gasteiger partial charge in [-0.05, 0) is 26.0 Å². The van der Waals surface area contributed by atoms with Gasteiger partial charge in [0.25, 0.3) is 0 Å². The van der Waals surface area contributed by atoms with E-state index in [2.05, 4.69) is 19.7 Å². The number of halogens is 6. The maximum absolute atomic E-state index is 12.7. The van der Waals surface area contributed by atoms with Crippen LogP contribution in [-0.2, 0) is 16.9 Å². The molecule has 0 saturated heterocycles. The summed E-state index contributed by atoms with van der Waals surface area (Å²) in [5, 5.41) is -0.0290. The van der Waals surface area contributed by atoms with Crippen molar-refractivity contribution in [2.24, 2.45) is 0 Å². The first-order valence-electron chi connectivity index (χ1n) is 8.61. The van der Waals surface area contributed by atoms with Gasteiger partial charge in [-0.2, -0.15) is 18.2 Å². The van der Waals surface area contributed by atoms with E-state index in [9.17, 15) is 30.9 Å². The van der Waals surface area contributed by atoms with Crippen LogP contribution in [0.5, 0.6) is 11.5 Å². The van der Waals surface area contributed by atoms with Crippen molar-refractivity contribution < 1.29 is 40.4 Å². The summed E-state index contributed by atoms with van der Waals surface area (Å²) in [7, 11) is 0. The molecule has 31 heavy (non-hydrogen) atoms. The van der Waals surface area contributed by atoms with Crippen LogP contribution < -0.4 is 9.47 Å². The first kappa shape index (κ1) is 23.0. The molecule has 1 atom stereocenters. The number of ether oxygens (including phenoxy) is 2. The van der Waals surface area contributed by atoms with E-state index in [0.717, 1.165) is 12.1 Å². The zero-order valence-electron chi connectivity index (χ0n) is 16.0. The van der Waals surface area contributed by atoms with Crippen molar-refractivity contribution in [1.29, 1.82) is 0 Å². The van der Waals surface area contributed by atoms with Gasteiger partial charge in [0.1, 0.15) is 11.5 Å². The molecule has 3 aromatic rings. The van der Waals surface area contributed by atoms with Gasteiger partial charge < -0.3 is 14.0 Å². The molecule has 0 saturated carbocycles. The Hall–Kier alpha value is -2.67. The van der Waals surface area contributed by atoms with E-state index in [1.165, 1.54) is 26.1 Å². The average Bonchev–Trinajstić information content (AvgIpc) is 3.05. The zero-order valence-corrected chi connectivity index (χ0v) is 16.8. The van der Waals surface area contributed by atoms with Crippen LogP contribution in [0.15, 0.2) is 29.6 Å². The molecule has 0 bridgehead atoms. The van der Waals surface area contributed by atoms with E-state index >= 15 is 0 Å². The molecule has 168 valence electrons. The molecule has 13 heteroatoms. The molecule has 1 N–H and O–H groups in total. The number of hydrogen-bond donors (Lipinski definition) is 1. The highest BCUT2D eigenvalue weighted by Crippen LogP contribution is 2.30. The predicted molar refractivity (Wildman–Crippen MR) is 98.2 cm³/mol. The van der Waals surface area contributed by atoms with E-state index in [0.29, 0.717) is 16.6 Å². The van der Waals surface area contributed by atoms with Crippen molar-refractivity contribution in [3.05, 3.63) is 41.2 Å². The van der Waals surface area contributed by atoms with Crippen LogP contribution in [-0.4, -0.2) is 38.7 Å². The molecule has 0 radical (unpaired) electrons. The molecule has 2 heterocycles. The van der Waals surface area contributed by atoms with E-state index in [1.807, 2.05) is 0 Å². The second kappa shape index (κ2) is 8.46. The summed E-state index contributed by atoms with van der Waals surface area (Å²) in [4.78, 5) is 10.9. The second-order valence-electron chi connectivity index (χ2n) is 6.50. The zero-order chi connectivity index (χ0) is 23.0. The van der Waals surface area contributed by atoms with Crippen molar-refractivity contribution in [2.75, 3.05) is 6.61 Å². The van der Waals surface area contributed by atoms with Crippen LogP contribution in [0.25, 0.3) is 11.0 Å². The summed E-state index contributed by atoms with van der Waals surface area (Å²) in [5.74, 6) is -0.676. The molecule has 0 fully saturated rings. The Kier molecular flexibility index (Phi) is 6.28. The van der Waals surface area contributed by atoms with Gasteiger partial charge in [0, 0.05) is 34.6 Å². The largest absolute Gasteiger partial charge is 0.609 e. The Balaban J connectivity index is 1.81. The molecule has 2 aromatic heterocycles. The normalized spacial score (nSPS) is 13.5. The second-order valence-corrected chi connectivity index (χ2v) is 7.87. The molecule has 0 aliphatic heterocycles. The Morgan fingerprint density at radius 1 is 1.13 bits per heavy atom. The molecular formula is C18H15F6N3O3S. The third-order valence-electron chi connectivity index (χ3n) is 4.08. The summed E-state index contributed by atoms with van der Waals surface area (Å²) in [6.45, 7) is 1.55. The smallest absolute Gasteiger partial charge is 0.573 e. The van der Waals surface area contributed by atoms with Gasteiger partial charge in [-0.1, -0.05) is 0 Å². The molecule has 0 aliphatic rings. The van der Waals surface area contributed by atoms with Crippen LogP contribution in [0.1, 0.15) is 16.8 Å². The first-order chi connectivity index (χ1) is 14.3. The predicted octanol–water partition coefficient (Wildman–Crippen LogP) is 4.72. The van der Waals surface area contributed by atoms with Crippen LogP contribution in [0, 0.1) is 13.8 Å². The highest BCUT2D eigenvalue weighted by atomic mass is 32.2. The monoisotopic (exact) mass is 467 g/mol. The van der Waals surface area contributed by atoms with Gasteiger partial charge in [-0.3, -0.25) is 9.97 Å². The molecule has 0 amide bonds. The Labute approximate surface area is 174 Å². The van der Waals surface area contributed by atoms with Gasteiger partial charge in [-0.25, -0.2) is 0 Å². The standard InChI is InChI=1S/C18H15F6N3O3S/c1-9-6-25-14(10(2)15(9)29-8-17(19,20)21)7-31(28)16-26-12-4-3-11(5-13(12)27-16)30-18(22,23)24/h3-6H,7-8H2,1-2H3,(H,26,27)/t31-/m1/s1. The summed E-state index contributed by atoms with van der Waals surface area (Å²) >= 11 is -1.81. The number of pyridine rings is 1. The van der Waals surface area contributed by atoms with Gasteiger partial charge in [0.15, 0.2) is 12.4 Å². The molecule has 0 unspecified atom stereocenters. The number of alkyl halides is 6.